The quantitative estimate of drug-likeness (QED) is 0.235. The third-order valence-corrected chi connectivity index (χ3v) is 10.1. The van der Waals surface area contributed by atoms with Gasteiger partial charge in [-0.2, -0.15) is 0 Å². The molecule has 1 aliphatic carbocycles. The van der Waals surface area contributed by atoms with Crippen molar-refractivity contribution in [2.45, 2.75) is 53.0 Å². The number of hydrogen-bond acceptors (Lipinski definition) is 6. The number of esters is 1. The SMILES string of the molecule is CCOC(=O)c1c(-c2ccc(Cl)cc2)csc1NC(=O)C(Cc1ccccc1)N1C(=O)C2CCC(C)(C1=O)C2(C)C. The second-order valence-electron chi connectivity index (χ2n) is 11.4. The van der Waals surface area contributed by atoms with Crippen LogP contribution in [0.3, 0.4) is 0 Å². The maximum absolute atomic E-state index is 14.1. The molecule has 1 aromatic heterocycles. The molecule has 5 rings (SSSR count). The van der Waals surface area contributed by atoms with E-state index in [1.165, 1.54) is 16.2 Å². The van der Waals surface area contributed by atoms with Crippen LogP contribution in [0.1, 0.15) is 56.5 Å². The molecule has 3 unspecified atom stereocenters. The summed E-state index contributed by atoms with van der Waals surface area (Å²) in [6.07, 6.45) is 1.35. The Labute approximate surface area is 248 Å². The third-order valence-electron chi connectivity index (χ3n) is 9.00. The Morgan fingerprint density at radius 1 is 1.10 bits per heavy atom. The van der Waals surface area contributed by atoms with E-state index in [9.17, 15) is 19.2 Å². The largest absolute Gasteiger partial charge is 0.462 e. The summed E-state index contributed by atoms with van der Waals surface area (Å²) in [6.45, 7) is 7.72. The minimum atomic E-state index is -1.09. The zero-order chi connectivity index (χ0) is 29.5. The Morgan fingerprint density at radius 2 is 1.78 bits per heavy atom. The van der Waals surface area contributed by atoms with Crippen molar-refractivity contribution in [3.63, 3.8) is 0 Å². The number of likely N-dealkylation sites (tertiary alicyclic amines) is 1. The van der Waals surface area contributed by atoms with Gasteiger partial charge in [0.05, 0.1) is 12.0 Å². The highest BCUT2D eigenvalue weighted by Crippen LogP contribution is 2.60. The average Bonchev–Trinajstić information content (AvgIpc) is 3.43. The third kappa shape index (κ3) is 4.97. The predicted octanol–water partition coefficient (Wildman–Crippen LogP) is 6.61. The van der Waals surface area contributed by atoms with E-state index in [4.69, 9.17) is 16.3 Å². The molecule has 2 aliphatic rings. The molecule has 3 aromatic rings. The molecule has 9 heteroatoms. The molecule has 0 spiro atoms. The molecule has 2 heterocycles. The number of hydrogen-bond donors (Lipinski definition) is 1. The highest BCUT2D eigenvalue weighted by molar-refractivity contribution is 7.15. The van der Waals surface area contributed by atoms with Gasteiger partial charge in [0.15, 0.2) is 0 Å². The molecule has 2 bridgehead atoms. The van der Waals surface area contributed by atoms with Gasteiger partial charge in [0, 0.05) is 28.3 Å². The van der Waals surface area contributed by atoms with Crippen LogP contribution in [0.5, 0.6) is 0 Å². The maximum Gasteiger partial charge on any atom is 0.341 e. The Morgan fingerprint density at radius 3 is 2.44 bits per heavy atom. The molecule has 41 heavy (non-hydrogen) atoms. The molecular weight excluding hydrogens is 560 g/mol. The van der Waals surface area contributed by atoms with Crippen molar-refractivity contribution < 1.29 is 23.9 Å². The Bertz CT molecular complexity index is 1500. The lowest BCUT2D eigenvalue weighted by atomic mass is 9.62. The number of carbonyl (C=O) groups excluding carboxylic acids is 4. The van der Waals surface area contributed by atoms with E-state index in [0.717, 1.165) is 11.1 Å². The number of rotatable bonds is 8. The molecule has 3 atom stereocenters. The standard InChI is InChI=1S/C32H33ClN2O5S/c1-5-40-29(38)25-22(20-11-13-21(33)14-12-20)18-41-27(25)34-26(36)24(17-19-9-7-6-8-10-19)35-28(37)23-15-16-32(4,30(35)39)31(23,2)3/h6-14,18,23-24H,5,15-17H2,1-4H3,(H,34,36). The number of carbonyl (C=O) groups is 4. The van der Waals surface area contributed by atoms with Crippen molar-refractivity contribution in [1.29, 1.82) is 0 Å². The number of benzene rings is 2. The van der Waals surface area contributed by atoms with Crippen LogP contribution in [-0.4, -0.2) is 41.2 Å². The normalized spacial score (nSPS) is 22.0. The monoisotopic (exact) mass is 592 g/mol. The van der Waals surface area contributed by atoms with Gasteiger partial charge in [-0.25, -0.2) is 4.79 Å². The molecule has 3 amide bonds. The van der Waals surface area contributed by atoms with Gasteiger partial charge in [-0.1, -0.05) is 74.8 Å². The number of thiophene rings is 1. The van der Waals surface area contributed by atoms with Crippen molar-refractivity contribution in [1.82, 2.24) is 4.90 Å². The molecular formula is C32H33ClN2O5S. The Hall–Kier alpha value is -3.49. The van der Waals surface area contributed by atoms with Gasteiger partial charge in [-0.3, -0.25) is 19.3 Å². The van der Waals surface area contributed by atoms with Crippen molar-refractivity contribution in [3.8, 4) is 11.1 Å². The summed E-state index contributed by atoms with van der Waals surface area (Å²) >= 11 is 7.26. The minimum absolute atomic E-state index is 0.150. The molecule has 2 aromatic carbocycles. The van der Waals surface area contributed by atoms with Crippen LogP contribution in [0, 0.1) is 16.7 Å². The summed E-state index contributed by atoms with van der Waals surface area (Å²) in [5.41, 5.74) is 1.09. The first kappa shape index (κ1) is 29.0. The smallest absolute Gasteiger partial charge is 0.341 e. The van der Waals surface area contributed by atoms with Gasteiger partial charge in [-0.05, 0) is 48.4 Å². The second kappa shape index (κ2) is 11.1. The summed E-state index contributed by atoms with van der Waals surface area (Å²) in [6, 6.07) is 15.3. The fourth-order valence-electron chi connectivity index (χ4n) is 6.18. The molecule has 1 saturated carbocycles. The molecule has 0 radical (unpaired) electrons. The summed E-state index contributed by atoms with van der Waals surface area (Å²) in [5.74, 6) is -2.11. The molecule has 214 valence electrons. The van der Waals surface area contributed by atoms with Crippen LogP contribution in [0.2, 0.25) is 5.02 Å². The van der Waals surface area contributed by atoms with Crippen molar-refractivity contribution >= 4 is 51.6 Å². The lowest BCUT2D eigenvalue weighted by Crippen LogP contribution is -2.64. The van der Waals surface area contributed by atoms with Crippen LogP contribution in [-0.2, 0) is 25.5 Å². The highest BCUT2D eigenvalue weighted by Gasteiger charge is 2.65. The van der Waals surface area contributed by atoms with Crippen molar-refractivity contribution in [2.75, 3.05) is 11.9 Å². The summed E-state index contributed by atoms with van der Waals surface area (Å²) in [5, 5.41) is 5.53. The summed E-state index contributed by atoms with van der Waals surface area (Å²) < 4.78 is 5.35. The number of nitrogens with zero attached hydrogens (tertiary/aromatic N) is 1. The van der Waals surface area contributed by atoms with E-state index in [2.05, 4.69) is 5.32 Å². The lowest BCUT2D eigenvalue weighted by Gasteiger charge is -2.49. The van der Waals surface area contributed by atoms with Crippen LogP contribution < -0.4 is 5.32 Å². The topological polar surface area (TPSA) is 92.8 Å². The van der Waals surface area contributed by atoms with Crippen LogP contribution in [0.25, 0.3) is 11.1 Å². The molecule has 1 aliphatic heterocycles. The van der Waals surface area contributed by atoms with E-state index in [-0.39, 0.29) is 36.3 Å². The first-order chi connectivity index (χ1) is 19.5. The lowest BCUT2D eigenvalue weighted by molar-refractivity contribution is -0.172. The fourth-order valence-corrected chi connectivity index (χ4v) is 7.26. The Kier molecular flexibility index (Phi) is 7.83. The zero-order valence-electron chi connectivity index (χ0n) is 23.5. The summed E-state index contributed by atoms with van der Waals surface area (Å²) in [7, 11) is 0. The minimum Gasteiger partial charge on any atom is -0.462 e. The van der Waals surface area contributed by atoms with E-state index < -0.39 is 28.7 Å². The van der Waals surface area contributed by atoms with Crippen LogP contribution >= 0.6 is 22.9 Å². The first-order valence-corrected chi connectivity index (χ1v) is 15.0. The molecule has 1 saturated heterocycles. The summed E-state index contributed by atoms with van der Waals surface area (Å²) in [4.78, 5) is 56.3. The van der Waals surface area contributed by atoms with Gasteiger partial charge >= 0.3 is 5.97 Å². The van der Waals surface area contributed by atoms with Gasteiger partial charge in [0.25, 0.3) is 0 Å². The Balaban J connectivity index is 1.54. The first-order valence-electron chi connectivity index (χ1n) is 13.8. The van der Waals surface area contributed by atoms with Crippen LogP contribution in [0.15, 0.2) is 60.0 Å². The number of imide groups is 1. The van der Waals surface area contributed by atoms with Gasteiger partial charge in [0.1, 0.15) is 16.6 Å². The average molecular weight is 593 g/mol. The number of piperidine rings is 1. The molecule has 2 fully saturated rings. The van der Waals surface area contributed by atoms with E-state index in [1.807, 2.05) is 51.1 Å². The second-order valence-corrected chi connectivity index (χ2v) is 12.8. The van der Waals surface area contributed by atoms with Gasteiger partial charge < -0.3 is 10.1 Å². The van der Waals surface area contributed by atoms with E-state index in [1.54, 1.807) is 36.6 Å². The fraction of sp³-hybridized carbons (Fsp3) is 0.375. The van der Waals surface area contributed by atoms with E-state index in [0.29, 0.717) is 28.4 Å². The number of nitrogens with one attached hydrogen (secondary N) is 1. The molecule has 7 nitrogen and oxygen atoms in total. The highest BCUT2D eigenvalue weighted by atomic mass is 35.5. The van der Waals surface area contributed by atoms with Gasteiger partial charge in [-0.15, -0.1) is 11.3 Å². The predicted molar refractivity (Wildman–Crippen MR) is 160 cm³/mol. The van der Waals surface area contributed by atoms with Crippen molar-refractivity contribution in [2.24, 2.45) is 16.7 Å². The molecule has 1 N–H and O–H groups in total. The number of amides is 3. The number of ether oxygens (including phenoxy) is 1. The van der Waals surface area contributed by atoms with Gasteiger partial charge in [0.2, 0.25) is 17.7 Å². The number of fused-ring (bicyclic) bond motifs is 2. The maximum atomic E-state index is 14.1. The number of anilines is 1. The van der Waals surface area contributed by atoms with Crippen LogP contribution in [0.4, 0.5) is 5.00 Å². The van der Waals surface area contributed by atoms with Crippen molar-refractivity contribution in [3.05, 3.63) is 76.1 Å². The van der Waals surface area contributed by atoms with E-state index >= 15 is 0 Å². The zero-order valence-corrected chi connectivity index (χ0v) is 25.1. The number of halogens is 1.